The van der Waals surface area contributed by atoms with Gasteiger partial charge in [-0.2, -0.15) is 0 Å². The number of carboxylic acid groups (broad SMARTS) is 1. The molecule has 0 saturated heterocycles. The Balaban J connectivity index is 0. The van der Waals surface area contributed by atoms with Crippen LogP contribution in [0.25, 0.3) is 11.7 Å². The van der Waals surface area contributed by atoms with E-state index in [1.807, 2.05) is 20.8 Å². The molecule has 0 aliphatic heterocycles. The molecule has 0 amide bonds. The number of methoxy groups -OCH3 is 4. The first-order chi connectivity index (χ1) is 20.2. The van der Waals surface area contributed by atoms with Gasteiger partial charge in [-0.15, -0.1) is 0 Å². The summed E-state index contributed by atoms with van der Waals surface area (Å²) in [5, 5.41) is 16.7. The summed E-state index contributed by atoms with van der Waals surface area (Å²) in [5.41, 5.74) is 2.39. The molecule has 14 nitrogen and oxygen atoms in total. The Labute approximate surface area is 307 Å². The maximum Gasteiger partial charge on any atom is 0.375 e. The van der Waals surface area contributed by atoms with Gasteiger partial charge < -0.3 is 37.5 Å². The third-order valence-corrected chi connectivity index (χ3v) is 6.14. The van der Waals surface area contributed by atoms with Gasteiger partial charge in [0.25, 0.3) is 5.89 Å². The third kappa shape index (κ3) is 13.7. The molecule has 0 spiro atoms. The van der Waals surface area contributed by atoms with E-state index in [1.54, 1.807) is 21.1 Å². The van der Waals surface area contributed by atoms with E-state index in [-0.39, 0.29) is 108 Å². The van der Waals surface area contributed by atoms with Crippen molar-refractivity contribution >= 4 is 17.9 Å². The standard InChI is InChI=1S/C14H18N2O5.C12H17NO6.C2H6.2Y/c1-9-12(10(4-6-18-2)8-11(17)19-3)16-21-13(9)14-15-5-7-20-14;1-7-10(13-19-11(7)12(15)16)8(4-5-17-2)6-9(14)18-3;1-2;;/h5,7,10H,4,6,8H2,1-3H3;8H,4-6H2,1-3H3,(H,15,16);1-2H3;;. The Bertz CT molecular complexity index is 1230. The van der Waals surface area contributed by atoms with Crippen molar-refractivity contribution in [2.45, 2.75) is 65.2 Å². The minimum Gasteiger partial charge on any atom is -0.475 e. The van der Waals surface area contributed by atoms with Crippen LogP contribution >= 0.6 is 0 Å². The van der Waals surface area contributed by atoms with Gasteiger partial charge in [-0.05, 0) is 26.7 Å². The predicted octanol–water partition coefficient (Wildman–Crippen LogP) is 4.71. The number of oxazole rings is 1. The number of carboxylic acids is 1. The van der Waals surface area contributed by atoms with E-state index in [0.29, 0.717) is 54.7 Å². The van der Waals surface area contributed by atoms with Gasteiger partial charge in [-0.25, -0.2) is 9.78 Å². The second-order valence-electron chi connectivity index (χ2n) is 8.70. The first kappa shape index (κ1) is 44.3. The van der Waals surface area contributed by atoms with Crippen molar-refractivity contribution < 1.29 is 117 Å². The van der Waals surface area contributed by atoms with Crippen LogP contribution in [0.4, 0.5) is 0 Å². The molecule has 0 fully saturated rings. The number of esters is 2. The molecule has 3 rings (SSSR count). The first-order valence-electron chi connectivity index (χ1n) is 13.3. The van der Waals surface area contributed by atoms with Gasteiger partial charge in [-0.3, -0.25) is 9.59 Å². The van der Waals surface area contributed by atoms with Crippen LogP contribution in [0, 0.1) is 13.8 Å². The summed E-state index contributed by atoms with van der Waals surface area (Å²) in [6, 6.07) is 0. The minimum atomic E-state index is -1.18. The molecule has 0 bridgehead atoms. The van der Waals surface area contributed by atoms with Crippen molar-refractivity contribution in [2.24, 2.45) is 0 Å². The van der Waals surface area contributed by atoms with Gasteiger partial charge in [0.15, 0.2) is 0 Å². The largest absolute Gasteiger partial charge is 0.475 e. The van der Waals surface area contributed by atoms with E-state index in [0.717, 1.165) is 5.56 Å². The molecule has 44 heavy (non-hydrogen) atoms. The maximum absolute atomic E-state index is 11.6. The van der Waals surface area contributed by atoms with Gasteiger partial charge in [-0.1, -0.05) is 24.2 Å². The van der Waals surface area contributed by atoms with Crippen molar-refractivity contribution in [1.82, 2.24) is 15.3 Å². The van der Waals surface area contributed by atoms with E-state index in [1.165, 1.54) is 26.7 Å². The number of nitrogens with zero attached hydrogens (tertiary/aromatic N) is 3. The van der Waals surface area contributed by atoms with Crippen molar-refractivity contribution in [2.75, 3.05) is 41.7 Å². The number of hydrogen-bond donors (Lipinski definition) is 1. The van der Waals surface area contributed by atoms with Crippen LogP contribution in [0.2, 0.25) is 0 Å². The van der Waals surface area contributed by atoms with Crippen molar-refractivity contribution in [3.8, 4) is 11.7 Å². The van der Waals surface area contributed by atoms with Crippen LogP contribution in [-0.2, 0) is 94.0 Å². The number of ether oxygens (including phenoxy) is 4. The van der Waals surface area contributed by atoms with Crippen LogP contribution in [0.1, 0.15) is 84.4 Å². The summed E-state index contributed by atoms with van der Waals surface area (Å²) in [6.07, 6.45) is 4.49. The van der Waals surface area contributed by atoms with Gasteiger partial charge >= 0.3 is 17.9 Å². The van der Waals surface area contributed by atoms with Crippen LogP contribution in [0.3, 0.4) is 0 Å². The van der Waals surface area contributed by atoms with E-state index < -0.39 is 5.97 Å². The number of hydrogen-bond acceptors (Lipinski definition) is 13. The van der Waals surface area contributed by atoms with E-state index in [2.05, 4.69) is 20.0 Å². The molecule has 0 aromatic carbocycles. The predicted molar refractivity (Wildman–Crippen MR) is 148 cm³/mol. The van der Waals surface area contributed by atoms with Gasteiger partial charge in [0, 0.05) is 116 Å². The molecule has 1 N–H and O–H groups in total. The maximum atomic E-state index is 11.6. The van der Waals surface area contributed by atoms with Crippen LogP contribution in [0.15, 0.2) is 25.9 Å². The molecule has 16 heteroatoms. The van der Waals surface area contributed by atoms with Crippen LogP contribution in [0.5, 0.6) is 0 Å². The number of rotatable bonds is 14. The molecule has 240 valence electrons. The van der Waals surface area contributed by atoms with E-state index in [9.17, 15) is 14.4 Å². The van der Waals surface area contributed by atoms with Crippen LogP contribution < -0.4 is 0 Å². The van der Waals surface area contributed by atoms with Gasteiger partial charge in [0.1, 0.15) is 6.26 Å². The van der Waals surface area contributed by atoms with Gasteiger partial charge in [0.05, 0.1) is 44.6 Å². The smallest absolute Gasteiger partial charge is 0.375 e. The summed E-state index contributed by atoms with van der Waals surface area (Å²) in [7, 11) is 5.83. The molecule has 0 saturated carbocycles. The molecule has 0 aliphatic carbocycles. The first-order valence-corrected chi connectivity index (χ1v) is 13.3. The molecule has 3 aromatic heterocycles. The zero-order valence-electron chi connectivity index (χ0n) is 26.6. The third-order valence-electron chi connectivity index (χ3n) is 6.14. The molecule has 3 heterocycles. The summed E-state index contributed by atoms with van der Waals surface area (Å²) in [6.45, 7) is 8.41. The number of aromatic nitrogens is 3. The number of carbonyl (C=O) groups is 3. The minimum absolute atomic E-state index is 0. The summed E-state index contributed by atoms with van der Waals surface area (Å²) < 4.78 is 34.7. The van der Waals surface area contributed by atoms with Gasteiger partial charge in [0.2, 0.25) is 11.5 Å². The van der Waals surface area contributed by atoms with E-state index >= 15 is 0 Å². The molecule has 2 atom stereocenters. The normalized spacial score (nSPS) is 11.3. The van der Waals surface area contributed by atoms with Crippen molar-refractivity contribution in [3.63, 3.8) is 0 Å². The summed E-state index contributed by atoms with van der Waals surface area (Å²) >= 11 is 0. The Morgan fingerprint density at radius 1 is 0.818 bits per heavy atom. The topological polar surface area (TPSA) is 186 Å². The monoisotopic (exact) mass is 773 g/mol. The fraction of sp³-hybridized carbons (Fsp3) is 0.571. The van der Waals surface area contributed by atoms with Crippen LogP contribution in [-0.4, -0.2) is 80.0 Å². The Kier molecular flexibility index (Phi) is 24.6. The summed E-state index contributed by atoms with van der Waals surface area (Å²) in [5.74, 6) is -1.65. The molecule has 2 radical (unpaired) electrons. The fourth-order valence-electron chi connectivity index (χ4n) is 3.95. The molecular weight excluding hydrogens is 732 g/mol. The second kappa shape index (κ2) is 24.4. The fourth-order valence-corrected chi connectivity index (χ4v) is 3.95. The Morgan fingerprint density at radius 2 is 1.30 bits per heavy atom. The molecular formula is C28H41N3O11Y2. The Morgan fingerprint density at radius 3 is 1.68 bits per heavy atom. The number of carbonyl (C=O) groups excluding carboxylic acids is 2. The second-order valence-corrected chi connectivity index (χ2v) is 8.70. The zero-order chi connectivity index (χ0) is 31.7. The molecule has 0 aliphatic rings. The molecule has 3 aromatic rings. The average molecular weight is 773 g/mol. The average Bonchev–Trinajstić information content (AvgIpc) is 3.75. The summed E-state index contributed by atoms with van der Waals surface area (Å²) in [4.78, 5) is 37.9. The SMILES string of the molecule is CC.COCCC(CC(=O)OC)c1noc(-c2ncco2)c1C.COCCC(CC(=O)OC)c1noc(C(=O)O)c1C.[Y].[Y]. The Hall–Kier alpha value is -1.83. The van der Waals surface area contributed by atoms with E-state index in [4.69, 9.17) is 32.8 Å². The quantitative estimate of drug-likeness (QED) is 0.222. The molecule has 2 unspecified atom stereocenters. The van der Waals surface area contributed by atoms with Crippen molar-refractivity contribution in [1.29, 1.82) is 0 Å². The number of aromatic carboxylic acids is 1. The zero-order valence-corrected chi connectivity index (χ0v) is 32.3. The van der Waals surface area contributed by atoms with Crippen molar-refractivity contribution in [3.05, 3.63) is 40.7 Å².